The average molecular weight is 284 g/mol. The van der Waals surface area contributed by atoms with Gasteiger partial charge in [-0.15, -0.1) is 11.3 Å². The number of benzene rings is 2. The summed E-state index contributed by atoms with van der Waals surface area (Å²) in [6.07, 6.45) is 0. The number of anilines is 1. The Balaban J connectivity index is 2.05. The van der Waals surface area contributed by atoms with Gasteiger partial charge >= 0.3 is 0 Å². The number of hydrogen-bond donors (Lipinski definition) is 1. The molecule has 0 aliphatic rings. The smallest absolute Gasteiger partial charge is 0.124 e. The number of thiazole rings is 1. The van der Waals surface area contributed by atoms with Gasteiger partial charge in [-0.3, -0.25) is 0 Å². The predicted octanol–water partition coefficient (Wildman–Crippen LogP) is 4.51. The third kappa shape index (κ3) is 2.42. The summed E-state index contributed by atoms with van der Waals surface area (Å²) in [4.78, 5) is 5.70. The van der Waals surface area contributed by atoms with E-state index in [1.165, 1.54) is 12.1 Å². The molecule has 3 rings (SSSR count). The maximum absolute atomic E-state index is 13.3. The van der Waals surface area contributed by atoms with E-state index in [9.17, 15) is 4.39 Å². The minimum atomic E-state index is -0.246. The van der Waals surface area contributed by atoms with Gasteiger partial charge in [0.2, 0.25) is 0 Å². The van der Waals surface area contributed by atoms with Crippen molar-refractivity contribution >= 4 is 17.0 Å². The van der Waals surface area contributed by atoms with Gasteiger partial charge in [0.25, 0.3) is 0 Å². The van der Waals surface area contributed by atoms with Gasteiger partial charge < -0.3 is 5.73 Å². The molecular weight excluding hydrogens is 271 g/mol. The Kier molecular flexibility index (Phi) is 3.24. The highest BCUT2D eigenvalue weighted by molar-refractivity contribution is 7.15. The zero-order valence-corrected chi connectivity index (χ0v) is 11.7. The number of nitrogens with zero attached hydrogens (tertiary/aromatic N) is 1. The van der Waals surface area contributed by atoms with E-state index in [0.717, 1.165) is 32.4 Å². The van der Waals surface area contributed by atoms with Gasteiger partial charge in [-0.05, 0) is 43.3 Å². The molecule has 0 unspecified atom stereocenters. The summed E-state index contributed by atoms with van der Waals surface area (Å²) in [7, 11) is 0. The topological polar surface area (TPSA) is 38.9 Å². The number of halogens is 1. The SMILES string of the molecule is Cc1sc(-c2ccc(N)cc2)nc1-c1cccc(F)c1. The minimum absolute atomic E-state index is 0.246. The van der Waals surface area contributed by atoms with E-state index in [1.807, 2.05) is 37.3 Å². The van der Waals surface area contributed by atoms with Crippen LogP contribution in [0.1, 0.15) is 4.88 Å². The Hall–Kier alpha value is -2.20. The lowest BCUT2D eigenvalue weighted by atomic mass is 10.1. The van der Waals surface area contributed by atoms with E-state index in [-0.39, 0.29) is 5.82 Å². The van der Waals surface area contributed by atoms with Gasteiger partial charge in [-0.2, -0.15) is 0 Å². The zero-order valence-electron chi connectivity index (χ0n) is 10.9. The fourth-order valence-corrected chi connectivity index (χ4v) is 2.99. The molecule has 0 atom stereocenters. The number of nitrogen functional groups attached to an aromatic ring is 1. The molecule has 1 heterocycles. The lowest BCUT2D eigenvalue weighted by Crippen LogP contribution is -1.84. The van der Waals surface area contributed by atoms with Crippen molar-refractivity contribution in [3.8, 4) is 21.8 Å². The van der Waals surface area contributed by atoms with Gasteiger partial charge in [-0.1, -0.05) is 12.1 Å². The highest BCUT2D eigenvalue weighted by atomic mass is 32.1. The number of aryl methyl sites for hydroxylation is 1. The van der Waals surface area contributed by atoms with Gasteiger partial charge in [-0.25, -0.2) is 9.37 Å². The normalized spacial score (nSPS) is 10.7. The lowest BCUT2D eigenvalue weighted by molar-refractivity contribution is 0.628. The molecule has 0 aliphatic heterocycles. The largest absolute Gasteiger partial charge is 0.399 e. The Morgan fingerprint density at radius 1 is 1.05 bits per heavy atom. The van der Waals surface area contributed by atoms with Crippen molar-refractivity contribution in [1.29, 1.82) is 0 Å². The van der Waals surface area contributed by atoms with Gasteiger partial charge in [0, 0.05) is 21.7 Å². The highest BCUT2D eigenvalue weighted by Crippen LogP contribution is 2.33. The Morgan fingerprint density at radius 3 is 2.50 bits per heavy atom. The fraction of sp³-hybridized carbons (Fsp3) is 0.0625. The summed E-state index contributed by atoms with van der Waals surface area (Å²) in [6, 6.07) is 14.1. The van der Waals surface area contributed by atoms with Crippen LogP contribution in [0.3, 0.4) is 0 Å². The third-order valence-corrected chi connectivity index (χ3v) is 4.07. The number of aromatic nitrogens is 1. The molecule has 0 radical (unpaired) electrons. The Bertz CT molecular complexity index is 747. The maximum Gasteiger partial charge on any atom is 0.124 e. The first-order valence-corrected chi connectivity index (χ1v) is 7.04. The van der Waals surface area contributed by atoms with E-state index < -0.39 is 0 Å². The second kappa shape index (κ2) is 5.06. The van der Waals surface area contributed by atoms with Crippen LogP contribution in [0.25, 0.3) is 21.8 Å². The second-order valence-corrected chi connectivity index (χ2v) is 5.76. The first-order valence-electron chi connectivity index (χ1n) is 6.23. The van der Waals surface area contributed by atoms with Crippen LogP contribution in [0, 0.1) is 12.7 Å². The van der Waals surface area contributed by atoms with Crippen LogP contribution in [0.4, 0.5) is 10.1 Å². The summed E-state index contributed by atoms with van der Waals surface area (Å²) in [6.45, 7) is 2.00. The van der Waals surface area contributed by atoms with Crippen molar-refractivity contribution in [2.45, 2.75) is 6.92 Å². The molecule has 2 nitrogen and oxygen atoms in total. The van der Waals surface area contributed by atoms with Crippen LogP contribution >= 0.6 is 11.3 Å². The molecular formula is C16H13FN2S. The molecule has 0 spiro atoms. The van der Waals surface area contributed by atoms with Crippen molar-refractivity contribution < 1.29 is 4.39 Å². The number of rotatable bonds is 2. The van der Waals surface area contributed by atoms with Crippen molar-refractivity contribution in [2.75, 3.05) is 5.73 Å². The van der Waals surface area contributed by atoms with Crippen LogP contribution in [0.5, 0.6) is 0 Å². The van der Waals surface area contributed by atoms with Crippen LogP contribution in [0.2, 0.25) is 0 Å². The minimum Gasteiger partial charge on any atom is -0.399 e. The summed E-state index contributed by atoms with van der Waals surface area (Å²) in [5.74, 6) is -0.246. The van der Waals surface area contributed by atoms with Crippen LogP contribution < -0.4 is 5.73 Å². The third-order valence-electron chi connectivity index (χ3n) is 3.05. The molecule has 1 aromatic heterocycles. The first kappa shape index (κ1) is 12.8. The van der Waals surface area contributed by atoms with E-state index in [2.05, 4.69) is 4.98 Å². The molecule has 0 aliphatic carbocycles. The van der Waals surface area contributed by atoms with E-state index in [0.29, 0.717) is 0 Å². The van der Waals surface area contributed by atoms with Crippen molar-refractivity contribution in [3.63, 3.8) is 0 Å². The molecule has 0 amide bonds. The summed E-state index contributed by atoms with van der Waals surface area (Å²) in [5.41, 5.74) is 9.08. The number of nitrogens with two attached hydrogens (primary N) is 1. The molecule has 4 heteroatoms. The van der Waals surface area contributed by atoms with Crippen molar-refractivity contribution in [1.82, 2.24) is 4.98 Å². The summed E-state index contributed by atoms with van der Waals surface area (Å²) < 4.78 is 13.3. The predicted molar refractivity (Wildman–Crippen MR) is 82.1 cm³/mol. The van der Waals surface area contributed by atoms with Crippen LogP contribution in [-0.4, -0.2) is 4.98 Å². The van der Waals surface area contributed by atoms with Crippen molar-refractivity contribution in [2.24, 2.45) is 0 Å². The average Bonchev–Trinajstić information content (AvgIpc) is 2.82. The Labute approximate surface area is 120 Å². The first-order chi connectivity index (χ1) is 9.63. The van der Waals surface area contributed by atoms with Crippen LogP contribution in [0.15, 0.2) is 48.5 Å². The molecule has 0 saturated carbocycles. The second-order valence-electron chi connectivity index (χ2n) is 4.56. The summed E-state index contributed by atoms with van der Waals surface area (Å²) in [5, 5.41) is 0.918. The van der Waals surface area contributed by atoms with Gasteiger partial charge in [0.1, 0.15) is 10.8 Å². The molecule has 100 valence electrons. The quantitative estimate of drug-likeness (QED) is 0.703. The lowest BCUT2D eigenvalue weighted by Gasteiger charge is -1.99. The van der Waals surface area contributed by atoms with E-state index in [1.54, 1.807) is 17.4 Å². The molecule has 20 heavy (non-hydrogen) atoms. The van der Waals surface area contributed by atoms with Crippen molar-refractivity contribution in [3.05, 3.63) is 59.2 Å². The molecule has 0 saturated heterocycles. The molecule has 2 N–H and O–H groups in total. The molecule has 0 fully saturated rings. The van der Waals surface area contributed by atoms with Crippen LogP contribution in [-0.2, 0) is 0 Å². The van der Waals surface area contributed by atoms with Gasteiger partial charge in [0.05, 0.1) is 5.69 Å². The standard InChI is InChI=1S/C16H13FN2S/c1-10-15(12-3-2-4-13(17)9-12)19-16(20-10)11-5-7-14(18)8-6-11/h2-9H,18H2,1H3. The molecule has 3 aromatic rings. The van der Waals surface area contributed by atoms with E-state index in [4.69, 9.17) is 5.73 Å². The Morgan fingerprint density at radius 2 is 1.80 bits per heavy atom. The zero-order chi connectivity index (χ0) is 14.1. The maximum atomic E-state index is 13.3. The summed E-state index contributed by atoms with van der Waals surface area (Å²) >= 11 is 1.60. The van der Waals surface area contributed by atoms with Gasteiger partial charge in [0.15, 0.2) is 0 Å². The highest BCUT2D eigenvalue weighted by Gasteiger charge is 2.11. The molecule has 0 bridgehead atoms. The number of hydrogen-bond acceptors (Lipinski definition) is 3. The monoisotopic (exact) mass is 284 g/mol. The van der Waals surface area contributed by atoms with E-state index >= 15 is 0 Å². The fourth-order valence-electron chi connectivity index (χ4n) is 2.05. The molecule has 2 aromatic carbocycles.